The lowest BCUT2D eigenvalue weighted by Crippen LogP contribution is -2.34. The van der Waals surface area contributed by atoms with Gasteiger partial charge in [-0.05, 0) is 75.0 Å². The van der Waals surface area contributed by atoms with E-state index in [1.165, 1.54) is 38.5 Å². The van der Waals surface area contributed by atoms with Crippen molar-refractivity contribution in [3.63, 3.8) is 0 Å². The number of carbonyl (C=O) groups is 1. The van der Waals surface area contributed by atoms with E-state index in [-0.39, 0.29) is 11.8 Å². The molecule has 0 aliphatic heterocycles. The predicted molar refractivity (Wildman–Crippen MR) is 95.1 cm³/mol. The summed E-state index contributed by atoms with van der Waals surface area (Å²) in [7, 11) is 0. The van der Waals surface area contributed by atoms with Crippen LogP contribution in [-0.4, -0.2) is 11.6 Å². The van der Waals surface area contributed by atoms with Crippen molar-refractivity contribution in [3.8, 4) is 0 Å². The van der Waals surface area contributed by atoms with E-state index < -0.39 is 0 Å². The number of nitrogens with one attached hydrogen (secondary N) is 1. The lowest BCUT2D eigenvalue weighted by atomic mass is 9.70. The predicted octanol–water partition coefficient (Wildman–Crippen LogP) is 4.77. The molecule has 3 saturated carbocycles. The molecule has 3 aliphatic rings. The molecular weight excluding hydrogens is 284 g/mol. The zero-order valence-corrected chi connectivity index (χ0v) is 15.4. The van der Waals surface area contributed by atoms with Gasteiger partial charge < -0.3 is 0 Å². The highest BCUT2D eigenvalue weighted by atomic mass is 16.2. The average Bonchev–Trinajstić information content (AvgIpc) is 3.14. The Hall–Kier alpha value is -0.860. The monoisotopic (exact) mass is 318 g/mol. The molecule has 3 rings (SSSR count). The molecule has 3 heteroatoms. The van der Waals surface area contributed by atoms with Crippen LogP contribution < -0.4 is 5.43 Å². The molecule has 0 saturated heterocycles. The summed E-state index contributed by atoms with van der Waals surface area (Å²) in [6, 6.07) is 0. The van der Waals surface area contributed by atoms with Gasteiger partial charge in [0.25, 0.3) is 0 Å². The van der Waals surface area contributed by atoms with Crippen molar-refractivity contribution in [3.05, 3.63) is 0 Å². The molecule has 3 nitrogen and oxygen atoms in total. The molecule has 0 aromatic carbocycles. The average molecular weight is 319 g/mol. The molecule has 3 atom stereocenters. The van der Waals surface area contributed by atoms with Gasteiger partial charge in [0.15, 0.2) is 0 Å². The number of amides is 1. The van der Waals surface area contributed by atoms with Crippen LogP contribution in [0.15, 0.2) is 5.10 Å². The van der Waals surface area contributed by atoms with Crippen LogP contribution in [0.2, 0.25) is 0 Å². The third kappa shape index (κ3) is 3.80. The van der Waals surface area contributed by atoms with E-state index in [4.69, 9.17) is 0 Å². The number of hydrogen-bond donors (Lipinski definition) is 1. The van der Waals surface area contributed by atoms with E-state index in [1.807, 2.05) is 0 Å². The standard InChI is InChI=1S/C20H34N2O/c1-13(18-12-14-5-6-16(18)11-14)21-22-19(23)15-7-9-17(10-8-15)20(2,3)4/h14-18H,5-12H2,1-4H3,(H,22,23)/b21-13+/t14-,15?,16-,17?,18+/m1/s1. The minimum absolute atomic E-state index is 0.153. The first-order valence-electron chi connectivity index (χ1n) is 9.68. The van der Waals surface area contributed by atoms with Crippen LogP contribution in [0, 0.1) is 35.0 Å². The van der Waals surface area contributed by atoms with Gasteiger partial charge in [0.1, 0.15) is 0 Å². The molecule has 0 heterocycles. The third-order valence-corrected chi connectivity index (χ3v) is 6.94. The third-order valence-electron chi connectivity index (χ3n) is 6.94. The second-order valence-corrected chi connectivity index (χ2v) is 9.43. The number of hydrogen-bond acceptors (Lipinski definition) is 2. The highest BCUT2D eigenvalue weighted by Crippen LogP contribution is 2.48. The fourth-order valence-electron chi connectivity index (χ4n) is 5.30. The minimum Gasteiger partial charge on any atom is -0.273 e. The first-order chi connectivity index (χ1) is 10.8. The van der Waals surface area contributed by atoms with Gasteiger partial charge >= 0.3 is 0 Å². The zero-order valence-electron chi connectivity index (χ0n) is 15.4. The summed E-state index contributed by atoms with van der Waals surface area (Å²) in [5.41, 5.74) is 4.43. The van der Waals surface area contributed by atoms with Gasteiger partial charge in [0, 0.05) is 17.5 Å². The van der Waals surface area contributed by atoms with Gasteiger partial charge in [0.05, 0.1) is 0 Å². The topological polar surface area (TPSA) is 41.5 Å². The lowest BCUT2D eigenvalue weighted by Gasteiger charge is -2.36. The van der Waals surface area contributed by atoms with Crippen LogP contribution in [-0.2, 0) is 4.79 Å². The van der Waals surface area contributed by atoms with Crippen molar-refractivity contribution >= 4 is 11.6 Å². The molecule has 2 bridgehead atoms. The van der Waals surface area contributed by atoms with Gasteiger partial charge in [-0.3, -0.25) is 4.79 Å². The van der Waals surface area contributed by atoms with Crippen molar-refractivity contribution in [2.75, 3.05) is 0 Å². The smallest absolute Gasteiger partial charge is 0.243 e. The van der Waals surface area contributed by atoms with Gasteiger partial charge in [-0.25, -0.2) is 5.43 Å². The molecule has 3 aliphatic carbocycles. The van der Waals surface area contributed by atoms with Crippen LogP contribution in [0.25, 0.3) is 0 Å². The summed E-state index contributed by atoms with van der Waals surface area (Å²) < 4.78 is 0. The van der Waals surface area contributed by atoms with E-state index in [9.17, 15) is 4.79 Å². The first-order valence-corrected chi connectivity index (χ1v) is 9.68. The van der Waals surface area contributed by atoms with E-state index >= 15 is 0 Å². The summed E-state index contributed by atoms with van der Waals surface area (Å²) in [6.45, 7) is 9.07. The fraction of sp³-hybridized carbons (Fsp3) is 0.900. The Morgan fingerprint density at radius 1 is 1.00 bits per heavy atom. The van der Waals surface area contributed by atoms with Gasteiger partial charge in [-0.1, -0.05) is 27.2 Å². The SMILES string of the molecule is C/C(=N\NC(=O)C1CCC(C(C)(C)C)CC1)[C@@H]1C[C@@H]2CC[C@@H]1C2. The summed E-state index contributed by atoms with van der Waals surface area (Å²) in [4.78, 5) is 12.4. The number of carbonyl (C=O) groups excluding carboxylic acids is 1. The van der Waals surface area contributed by atoms with E-state index in [2.05, 4.69) is 38.2 Å². The minimum atomic E-state index is 0.153. The van der Waals surface area contributed by atoms with Gasteiger partial charge in [-0.2, -0.15) is 5.10 Å². The Bertz CT molecular complexity index is 469. The molecule has 1 N–H and O–H groups in total. The molecule has 1 amide bonds. The van der Waals surface area contributed by atoms with E-state index in [1.54, 1.807) is 0 Å². The summed E-state index contributed by atoms with van der Waals surface area (Å²) in [6.07, 6.45) is 9.87. The first kappa shape index (κ1) is 17.0. The Balaban J connectivity index is 1.47. The van der Waals surface area contributed by atoms with Gasteiger partial charge in [-0.15, -0.1) is 0 Å². The van der Waals surface area contributed by atoms with Crippen molar-refractivity contribution in [2.45, 2.75) is 79.1 Å². The molecular formula is C20H34N2O. The Kier molecular flexibility index (Phi) is 4.85. The molecule has 0 aromatic rings. The summed E-state index contributed by atoms with van der Waals surface area (Å²) in [5.74, 6) is 3.47. The van der Waals surface area contributed by atoms with Crippen LogP contribution in [0.1, 0.15) is 79.1 Å². The van der Waals surface area contributed by atoms with Crippen LogP contribution in [0.5, 0.6) is 0 Å². The van der Waals surface area contributed by atoms with Gasteiger partial charge in [0.2, 0.25) is 5.91 Å². The number of fused-ring (bicyclic) bond motifs is 2. The number of nitrogens with zero attached hydrogens (tertiary/aromatic N) is 1. The van der Waals surface area contributed by atoms with Crippen molar-refractivity contribution < 1.29 is 4.79 Å². The van der Waals surface area contributed by atoms with Crippen LogP contribution >= 0.6 is 0 Å². The quantitative estimate of drug-likeness (QED) is 0.591. The maximum atomic E-state index is 12.4. The highest BCUT2D eigenvalue weighted by molar-refractivity contribution is 5.87. The largest absolute Gasteiger partial charge is 0.273 e. The van der Waals surface area contributed by atoms with Crippen molar-refractivity contribution in [2.24, 2.45) is 40.1 Å². The molecule has 3 fully saturated rings. The second kappa shape index (κ2) is 6.57. The van der Waals surface area contributed by atoms with E-state index in [0.29, 0.717) is 11.3 Å². The van der Waals surface area contributed by atoms with E-state index in [0.717, 1.165) is 36.3 Å². The number of rotatable bonds is 3. The molecule has 0 radical (unpaired) electrons. The van der Waals surface area contributed by atoms with Crippen LogP contribution in [0.3, 0.4) is 0 Å². The number of hydrazone groups is 1. The summed E-state index contributed by atoms with van der Waals surface area (Å²) in [5, 5.41) is 4.48. The summed E-state index contributed by atoms with van der Waals surface area (Å²) >= 11 is 0. The molecule has 130 valence electrons. The Morgan fingerprint density at radius 3 is 2.22 bits per heavy atom. The molecule has 0 aromatic heterocycles. The second-order valence-electron chi connectivity index (χ2n) is 9.43. The molecule has 23 heavy (non-hydrogen) atoms. The Labute approximate surface area is 141 Å². The fourth-order valence-corrected chi connectivity index (χ4v) is 5.30. The maximum absolute atomic E-state index is 12.4. The Morgan fingerprint density at radius 2 is 1.70 bits per heavy atom. The highest BCUT2D eigenvalue weighted by Gasteiger charge is 2.40. The molecule has 0 unspecified atom stereocenters. The molecule has 0 spiro atoms. The van der Waals surface area contributed by atoms with Crippen molar-refractivity contribution in [1.82, 2.24) is 5.43 Å². The zero-order chi connectivity index (χ0) is 16.6. The normalized spacial score (nSPS) is 37.9. The maximum Gasteiger partial charge on any atom is 0.243 e. The lowest BCUT2D eigenvalue weighted by molar-refractivity contribution is -0.126. The van der Waals surface area contributed by atoms with Crippen LogP contribution in [0.4, 0.5) is 0 Å². The van der Waals surface area contributed by atoms with Crippen molar-refractivity contribution in [1.29, 1.82) is 0 Å².